The van der Waals surface area contributed by atoms with Crippen molar-refractivity contribution in [3.05, 3.63) is 29.3 Å². The van der Waals surface area contributed by atoms with Crippen molar-refractivity contribution in [1.82, 2.24) is 5.32 Å². The van der Waals surface area contributed by atoms with Crippen LogP contribution in [0, 0.1) is 5.92 Å². The second-order valence-electron chi connectivity index (χ2n) is 5.78. The average Bonchev–Trinajstić information content (AvgIpc) is 2.85. The van der Waals surface area contributed by atoms with Gasteiger partial charge >= 0.3 is 0 Å². The third-order valence-electron chi connectivity index (χ3n) is 4.66. The molecule has 0 bridgehead atoms. The van der Waals surface area contributed by atoms with Crippen molar-refractivity contribution in [1.29, 1.82) is 0 Å². The lowest BCUT2D eigenvalue weighted by atomic mass is 10.0. The second kappa shape index (κ2) is 6.42. The van der Waals surface area contributed by atoms with E-state index < -0.39 is 0 Å². The fourth-order valence-electron chi connectivity index (χ4n) is 2.97. The van der Waals surface area contributed by atoms with Gasteiger partial charge in [0.2, 0.25) is 0 Å². The van der Waals surface area contributed by atoms with Crippen molar-refractivity contribution in [3.8, 4) is 0 Å². The van der Waals surface area contributed by atoms with Crippen molar-refractivity contribution in [2.75, 3.05) is 25.0 Å². The van der Waals surface area contributed by atoms with Crippen molar-refractivity contribution in [2.24, 2.45) is 5.92 Å². The predicted octanol–water partition coefficient (Wildman–Crippen LogP) is 3.77. The first-order chi connectivity index (χ1) is 9.19. The minimum absolute atomic E-state index is 0.443. The van der Waals surface area contributed by atoms with Crippen LogP contribution < -0.4 is 10.2 Å². The summed E-state index contributed by atoms with van der Waals surface area (Å²) in [6.07, 6.45) is 3.79. The van der Waals surface area contributed by atoms with Crippen molar-refractivity contribution in [2.45, 2.75) is 46.1 Å². The van der Waals surface area contributed by atoms with Gasteiger partial charge in [0, 0.05) is 24.8 Å². The summed E-state index contributed by atoms with van der Waals surface area (Å²) < 4.78 is 0. The van der Waals surface area contributed by atoms with Crippen LogP contribution in [-0.2, 0) is 6.42 Å². The van der Waals surface area contributed by atoms with E-state index in [9.17, 15) is 0 Å². The molecule has 2 heteroatoms. The molecule has 0 amide bonds. The van der Waals surface area contributed by atoms with Gasteiger partial charge in [0.15, 0.2) is 0 Å². The lowest BCUT2D eigenvalue weighted by molar-refractivity contribution is 0.488. The predicted molar refractivity (Wildman–Crippen MR) is 83.9 cm³/mol. The van der Waals surface area contributed by atoms with E-state index >= 15 is 0 Å². The van der Waals surface area contributed by atoms with E-state index in [0.29, 0.717) is 6.04 Å². The van der Waals surface area contributed by atoms with Crippen LogP contribution in [0.4, 0.5) is 5.69 Å². The Balaban J connectivity index is 2.13. The Bertz CT molecular complexity index is 410. The summed E-state index contributed by atoms with van der Waals surface area (Å²) in [4.78, 5) is 2.58. The monoisotopic (exact) mass is 260 g/mol. The highest BCUT2D eigenvalue weighted by atomic mass is 15.1. The SMILES string of the molecule is CCC(CC)CN1CCc2cc(C(C)NC)ccc21. The van der Waals surface area contributed by atoms with E-state index in [2.05, 4.69) is 49.2 Å². The van der Waals surface area contributed by atoms with E-state index in [4.69, 9.17) is 0 Å². The standard InChI is InChI=1S/C17H28N2/c1-5-14(6-2)12-19-10-9-16-11-15(13(3)18-4)7-8-17(16)19/h7-8,11,13-14,18H,5-6,9-10,12H2,1-4H3. The van der Waals surface area contributed by atoms with Crippen LogP contribution in [0.15, 0.2) is 18.2 Å². The third kappa shape index (κ3) is 3.11. The molecule has 0 spiro atoms. The molecule has 19 heavy (non-hydrogen) atoms. The quantitative estimate of drug-likeness (QED) is 0.837. The fraction of sp³-hybridized carbons (Fsp3) is 0.647. The zero-order valence-corrected chi connectivity index (χ0v) is 12.9. The topological polar surface area (TPSA) is 15.3 Å². The first-order valence-electron chi connectivity index (χ1n) is 7.74. The zero-order chi connectivity index (χ0) is 13.8. The molecule has 106 valence electrons. The molecule has 1 aliphatic heterocycles. The van der Waals surface area contributed by atoms with Gasteiger partial charge in [0.25, 0.3) is 0 Å². The molecule has 1 unspecified atom stereocenters. The minimum atomic E-state index is 0.443. The molecule has 0 saturated heterocycles. The van der Waals surface area contributed by atoms with Crippen LogP contribution in [0.3, 0.4) is 0 Å². The normalized spacial score (nSPS) is 15.9. The first kappa shape index (κ1) is 14.4. The smallest absolute Gasteiger partial charge is 0.0399 e. The average molecular weight is 260 g/mol. The Kier molecular flexibility index (Phi) is 4.87. The van der Waals surface area contributed by atoms with E-state index in [1.807, 2.05) is 7.05 Å². The molecule has 1 aromatic carbocycles. The van der Waals surface area contributed by atoms with Crippen LogP contribution in [-0.4, -0.2) is 20.1 Å². The molecule has 0 fully saturated rings. The zero-order valence-electron chi connectivity index (χ0n) is 12.9. The van der Waals surface area contributed by atoms with Crippen molar-refractivity contribution >= 4 is 5.69 Å². The Morgan fingerprint density at radius 2 is 2.00 bits per heavy atom. The fourth-order valence-corrected chi connectivity index (χ4v) is 2.97. The summed E-state index contributed by atoms with van der Waals surface area (Å²) >= 11 is 0. The van der Waals surface area contributed by atoms with Crippen molar-refractivity contribution < 1.29 is 0 Å². The molecule has 1 aromatic rings. The van der Waals surface area contributed by atoms with Crippen LogP contribution in [0.25, 0.3) is 0 Å². The largest absolute Gasteiger partial charge is 0.371 e. The Labute approximate surface area is 118 Å². The number of hydrogen-bond donors (Lipinski definition) is 1. The summed E-state index contributed by atoms with van der Waals surface area (Å²) in [5.41, 5.74) is 4.41. The highest BCUT2D eigenvalue weighted by molar-refractivity contribution is 5.59. The van der Waals surface area contributed by atoms with Gasteiger partial charge in [-0.25, -0.2) is 0 Å². The summed E-state index contributed by atoms with van der Waals surface area (Å²) in [5.74, 6) is 0.835. The molecular formula is C17H28N2. The third-order valence-corrected chi connectivity index (χ3v) is 4.66. The second-order valence-corrected chi connectivity index (χ2v) is 5.78. The van der Waals surface area contributed by atoms with Gasteiger partial charge < -0.3 is 10.2 Å². The Morgan fingerprint density at radius 1 is 1.26 bits per heavy atom. The molecule has 2 rings (SSSR count). The molecule has 1 aliphatic rings. The molecule has 0 aromatic heterocycles. The lowest BCUT2D eigenvalue weighted by Crippen LogP contribution is -2.27. The number of nitrogens with zero attached hydrogens (tertiary/aromatic N) is 1. The van der Waals surface area contributed by atoms with Gasteiger partial charge in [-0.15, -0.1) is 0 Å². The number of fused-ring (bicyclic) bond motifs is 1. The number of hydrogen-bond acceptors (Lipinski definition) is 2. The maximum Gasteiger partial charge on any atom is 0.0399 e. The molecule has 1 heterocycles. The van der Waals surface area contributed by atoms with Crippen LogP contribution >= 0.6 is 0 Å². The van der Waals surface area contributed by atoms with E-state index in [-0.39, 0.29) is 0 Å². The molecule has 0 radical (unpaired) electrons. The molecule has 1 N–H and O–H groups in total. The van der Waals surface area contributed by atoms with Crippen LogP contribution in [0.2, 0.25) is 0 Å². The first-order valence-corrected chi connectivity index (χ1v) is 7.74. The Hall–Kier alpha value is -1.02. The molecule has 0 aliphatic carbocycles. The number of anilines is 1. The maximum absolute atomic E-state index is 3.32. The minimum Gasteiger partial charge on any atom is -0.371 e. The van der Waals surface area contributed by atoms with Gasteiger partial charge in [0.05, 0.1) is 0 Å². The Morgan fingerprint density at radius 3 is 2.63 bits per heavy atom. The number of nitrogens with one attached hydrogen (secondary N) is 1. The van der Waals surface area contributed by atoms with E-state index in [1.54, 1.807) is 0 Å². The molecular weight excluding hydrogens is 232 g/mol. The summed E-state index contributed by atoms with van der Waals surface area (Å²) in [6.45, 7) is 9.26. The van der Waals surface area contributed by atoms with Crippen molar-refractivity contribution in [3.63, 3.8) is 0 Å². The summed E-state index contributed by atoms with van der Waals surface area (Å²) in [6, 6.07) is 7.45. The van der Waals surface area contributed by atoms with Gasteiger partial charge in [0.1, 0.15) is 0 Å². The van der Waals surface area contributed by atoms with Crippen LogP contribution in [0.1, 0.15) is 50.8 Å². The molecule has 2 nitrogen and oxygen atoms in total. The maximum atomic E-state index is 3.32. The van der Waals surface area contributed by atoms with Gasteiger partial charge in [-0.3, -0.25) is 0 Å². The van der Waals surface area contributed by atoms with Gasteiger partial charge in [-0.1, -0.05) is 38.8 Å². The van der Waals surface area contributed by atoms with Gasteiger partial charge in [-0.05, 0) is 43.5 Å². The molecule has 0 saturated carbocycles. The summed E-state index contributed by atoms with van der Waals surface area (Å²) in [7, 11) is 2.03. The summed E-state index contributed by atoms with van der Waals surface area (Å²) in [5, 5.41) is 3.32. The van der Waals surface area contributed by atoms with Crippen LogP contribution in [0.5, 0.6) is 0 Å². The van der Waals surface area contributed by atoms with E-state index in [1.165, 1.54) is 49.2 Å². The highest BCUT2D eigenvalue weighted by Crippen LogP contribution is 2.31. The van der Waals surface area contributed by atoms with Gasteiger partial charge in [-0.2, -0.15) is 0 Å². The van der Waals surface area contributed by atoms with E-state index in [0.717, 1.165) is 5.92 Å². The number of benzene rings is 1. The molecule has 1 atom stereocenters. The number of rotatable bonds is 6. The lowest BCUT2D eigenvalue weighted by Gasteiger charge is -2.25. The highest BCUT2D eigenvalue weighted by Gasteiger charge is 2.21.